The van der Waals surface area contributed by atoms with Gasteiger partial charge in [0.2, 0.25) is 5.91 Å². The summed E-state index contributed by atoms with van der Waals surface area (Å²) in [6, 6.07) is 12.8. The standard InChI is InChI=1S/C21H24BrN3O4/c1-24(2)10-11-25-18-14-16(8-9-19(18)29-21(25)27)23-20(26)7-4-12-28-17-6-3-5-15(22)13-17/h3,5-6,8-9,13-14H,4,7,10-12H2,1-2H3,(H,23,26). The molecule has 0 aliphatic rings. The zero-order chi connectivity index (χ0) is 20.8. The second-order valence-corrected chi connectivity index (χ2v) is 7.88. The molecule has 0 fully saturated rings. The van der Waals surface area contributed by atoms with Gasteiger partial charge in [-0.2, -0.15) is 0 Å². The number of ether oxygens (including phenoxy) is 1. The number of hydrogen-bond donors (Lipinski definition) is 1. The monoisotopic (exact) mass is 461 g/mol. The lowest BCUT2D eigenvalue weighted by molar-refractivity contribution is -0.116. The van der Waals surface area contributed by atoms with Gasteiger partial charge in [-0.05, 0) is 56.9 Å². The number of likely N-dealkylation sites (N-methyl/N-ethyl adjacent to an activating group) is 1. The zero-order valence-corrected chi connectivity index (χ0v) is 18.1. The van der Waals surface area contributed by atoms with Crippen LogP contribution in [0.1, 0.15) is 12.8 Å². The van der Waals surface area contributed by atoms with E-state index in [0.717, 1.165) is 10.2 Å². The van der Waals surface area contributed by atoms with Crippen molar-refractivity contribution in [1.82, 2.24) is 9.47 Å². The molecule has 0 radical (unpaired) electrons. The average molecular weight is 462 g/mol. The van der Waals surface area contributed by atoms with Crippen molar-refractivity contribution < 1.29 is 13.9 Å². The number of nitrogens with zero attached hydrogens (tertiary/aromatic N) is 2. The number of anilines is 1. The van der Waals surface area contributed by atoms with Crippen LogP contribution in [0.2, 0.25) is 0 Å². The highest BCUT2D eigenvalue weighted by molar-refractivity contribution is 9.10. The number of carbonyl (C=O) groups is 1. The van der Waals surface area contributed by atoms with Crippen LogP contribution in [0.25, 0.3) is 11.1 Å². The van der Waals surface area contributed by atoms with Gasteiger partial charge in [0.15, 0.2) is 5.58 Å². The predicted molar refractivity (Wildman–Crippen MR) is 117 cm³/mol. The molecule has 1 amide bonds. The summed E-state index contributed by atoms with van der Waals surface area (Å²) >= 11 is 3.40. The second-order valence-electron chi connectivity index (χ2n) is 6.96. The van der Waals surface area contributed by atoms with Crippen molar-refractivity contribution in [2.45, 2.75) is 19.4 Å². The lowest BCUT2D eigenvalue weighted by Crippen LogP contribution is -2.23. The summed E-state index contributed by atoms with van der Waals surface area (Å²) in [5.74, 6) is 0.267. The summed E-state index contributed by atoms with van der Waals surface area (Å²) in [7, 11) is 3.89. The van der Waals surface area contributed by atoms with Gasteiger partial charge in [-0.3, -0.25) is 9.36 Å². The van der Waals surface area contributed by atoms with Crippen LogP contribution in [0.5, 0.6) is 5.75 Å². The van der Waals surface area contributed by atoms with Crippen LogP contribution in [0, 0.1) is 0 Å². The molecule has 29 heavy (non-hydrogen) atoms. The van der Waals surface area contributed by atoms with E-state index < -0.39 is 5.76 Å². The van der Waals surface area contributed by atoms with Gasteiger partial charge in [0.05, 0.1) is 12.1 Å². The molecule has 154 valence electrons. The molecule has 0 aliphatic heterocycles. The van der Waals surface area contributed by atoms with E-state index in [9.17, 15) is 9.59 Å². The van der Waals surface area contributed by atoms with Crippen molar-refractivity contribution in [1.29, 1.82) is 0 Å². The summed E-state index contributed by atoms with van der Waals surface area (Å²) in [5.41, 5.74) is 1.82. The molecule has 0 aliphatic carbocycles. The number of aromatic nitrogens is 1. The van der Waals surface area contributed by atoms with E-state index in [1.165, 1.54) is 0 Å². The molecule has 3 rings (SSSR count). The molecule has 0 unspecified atom stereocenters. The summed E-state index contributed by atoms with van der Waals surface area (Å²) in [6.45, 7) is 1.68. The number of oxazole rings is 1. The first kappa shape index (κ1) is 21.1. The highest BCUT2D eigenvalue weighted by Gasteiger charge is 2.11. The molecule has 0 saturated heterocycles. The lowest BCUT2D eigenvalue weighted by atomic mass is 10.2. The Hall–Kier alpha value is -2.58. The molecular weight excluding hydrogens is 438 g/mol. The van der Waals surface area contributed by atoms with E-state index in [4.69, 9.17) is 9.15 Å². The topological polar surface area (TPSA) is 76.7 Å². The van der Waals surface area contributed by atoms with Crippen molar-refractivity contribution in [2.24, 2.45) is 0 Å². The quantitative estimate of drug-likeness (QED) is 0.491. The lowest BCUT2D eigenvalue weighted by Gasteiger charge is -2.10. The van der Waals surface area contributed by atoms with Gasteiger partial charge < -0.3 is 19.4 Å². The van der Waals surface area contributed by atoms with Gasteiger partial charge >= 0.3 is 5.76 Å². The maximum atomic E-state index is 12.2. The van der Waals surface area contributed by atoms with Gasteiger partial charge in [-0.25, -0.2) is 4.79 Å². The Labute approximate surface area is 177 Å². The highest BCUT2D eigenvalue weighted by atomic mass is 79.9. The summed E-state index contributed by atoms with van der Waals surface area (Å²) in [6.07, 6.45) is 0.935. The normalized spacial score (nSPS) is 11.2. The molecule has 3 aromatic rings. The first-order valence-electron chi connectivity index (χ1n) is 9.39. The van der Waals surface area contributed by atoms with Crippen LogP contribution in [0.4, 0.5) is 5.69 Å². The van der Waals surface area contributed by atoms with Crippen LogP contribution < -0.4 is 15.8 Å². The minimum absolute atomic E-state index is 0.104. The van der Waals surface area contributed by atoms with E-state index in [2.05, 4.69) is 21.2 Å². The third-order valence-corrected chi connectivity index (χ3v) is 4.83. The Morgan fingerprint density at radius 2 is 2.07 bits per heavy atom. The molecule has 2 aromatic carbocycles. The summed E-state index contributed by atoms with van der Waals surface area (Å²) < 4.78 is 13.5. The van der Waals surface area contributed by atoms with Crippen molar-refractivity contribution in [2.75, 3.05) is 32.6 Å². The Morgan fingerprint density at radius 3 is 2.83 bits per heavy atom. The number of carbonyl (C=O) groups excluding carboxylic acids is 1. The number of fused-ring (bicyclic) bond motifs is 1. The van der Waals surface area contributed by atoms with Crippen molar-refractivity contribution in [3.63, 3.8) is 0 Å². The van der Waals surface area contributed by atoms with Crippen LogP contribution in [0.15, 0.2) is 56.1 Å². The van der Waals surface area contributed by atoms with Gasteiger partial charge in [-0.1, -0.05) is 22.0 Å². The molecule has 0 bridgehead atoms. The van der Waals surface area contributed by atoms with E-state index in [-0.39, 0.29) is 5.91 Å². The summed E-state index contributed by atoms with van der Waals surface area (Å²) in [5, 5.41) is 2.87. The number of amides is 1. The molecule has 7 nitrogen and oxygen atoms in total. The van der Waals surface area contributed by atoms with Gasteiger partial charge in [-0.15, -0.1) is 0 Å². The fourth-order valence-electron chi connectivity index (χ4n) is 2.85. The van der Waals surface area contributed by atoms with Crippen molar-refractivity contribution in [3.05, 3.63) is 57.5 Å². The molecule has 1 N–H and O–H groups in total. The fraction of sp³-hybridized carbons (Fsp3) is 0.333. The van der Waals surface area contributed by atoms with E-state index in [1.807, 2.05) is 43.3 Å². The number of halogens is 1. The fourth-order valence-corrected chi connectivity index (χ4v) is 3.23. The van der Waals surface area contributed by atoms with Crippen molar-refractivity contribution in [3.8, 4) is 5.75 Å². The molecule has 0 saturated carbocycles. The van der Waals surface area contributed by atoms with Gasteiger partial charge in [0, 0.05) is 29.7 Å². The minimum atomic E-state index is -0.393. The Bertz CT molecular complexity index is 1040. The average Bonchev–Trinajstić information content (AvgIpc) is 2.98. The third kappa shape index (κ3) is 5.95. The molecule has 1 aromatic heterocycles. The molecular formula is C21H24BrN3O4. The number of rotatable bonds is 9. The van der Waals surface area contributed by atoms with Gasteiger partial charge in [0.25, 0.3) is 0 Å². The second kappa shape index (κ2) is 9.76. The van der Waals surface area contributed by atoms with E-state index in [0.29, 0.717) is 49.3 Å². The maximum Gasteiger partial charge on any atom is 0.419 e. The smallest absolute Gasteiger partial charge is 0.419 e. The summed E-state index contributed by atoms with van der Waals surface area (Å²) in [4.78, 5) is 26.3. The van der Waals surface area contributed by atoms with Crippen molar-refractivity contribution >= 4 is 38.6 Å². The van der Waals surface area contributed by atoms with Crippen LogP contribution in [-0.2, 0) is 11.3 Å². The van der Waals surface area contributed by atoms with Crippen LogP contribution in [0.3, 0.4) is 0 Å². The first-order chi connectivity index (χ1) is 13.9. The molecule has 8 heteroatoms. The Balaban J connectivity index is 1.55. The van der Waals surface area contributed by atoms with E-state index in [1.54, 1.807) is 22.8 Å². The third-order valence-electron chi connectivity index (χ3n) is 4.33. The number of nitrogens with one attached hydrogen (secondary N) is 1. The number of hydrogen-bond acceptors (Lipinski definition) is 5. The zero-order valence-electron chi connectivity index (χ0n) is 16.5. The maximum absolute atomic E-state index is 12.2. The Kier molecular flexibility index (Phi) is 7.11. The first-order valence-corrected chi connectivity index (χ1v) is 10.2. The molecule has 1 heterocycles. The SMILES string of the molecule is CN(C)CCn1c(=O)oc2ccc(NC(=O)CCCOc3cccc(Br)c3)cc21. The molecule has 0 spiro atoms. The molecule has 0 atom stereocenters. The number of benzene rings is 2. The largest absolute Gasteiger partial charge is 0.494 e. The van der Waals surface area contributed by atoms with Gasteiger partial charge in [0.1, 0.15) is 5.75 Å². The van der Waals surface area contributed by atoms with Crippen LogP contribution in [-0.4, -0.2) is 42.6 Å². The predicted octanol–water partition coefficient (Wildman–Crippen LogP) is 3.72. The minimum Gasteiger partial charge on any atom is -0.494 e. The highest BCUT2D eigenvalue weighted by Crippen LogP contribution is 2.20. The van der Waals surface area contributed by atoms with Crippen LogP contribution >= 0.6 is 15.9 Å². The Morgan fingerprint density at radius 1 is 1.24 bits per heavy atom. The van der Waals surface area contributed by atoms with E-state index >= 15 is 0 Å².